The Bertz CT molecular complexity index is 1470. The minimum absolute atomic E-state index is 0.172. The fourth-order valence-electron chi connectivity index (χ4n) is 3.97. The molecule has 0 bridgehead atoms. The molecule has 0 radical (unpaired) electrons. The highest BCUT2D eigenvalue weighted by atomic mass is 16.2. The molecule has 0 fully saturated rings. The lowest BCUT2D eigenvalue weighted by atomic mass is 10.0. The van der Waals surface area contributed by atoms with Crippen LogP contribution >= 0.6 is 0 Å². The standard InChI is InChI=1S/C28H28N4O3/c1-17(2)20-10-12-21(13-11-20)30-26(34)16-32-25-8-6-5-7-24(25)31-27(28(32)35)22-15-18(3)9-14-23(22)29-19(4)33/h5-15,17H,16H2,1-4H3,(H,29,33)(H,30,34). The first-order chi connectivity index (χ1) is 16.7. The van der Waals surface area contributed by atoms with Crippen LogP contribution in [0.15, 0.2) is 71.5 Å². The normalized spacial score (nSPS) is 11.0. The van der Waals surface area contributed by atoms with Crippen LogP contribution in [0.4, 0.5) is 11.4 Å². The molecule has 3 aromatic carbocycles. The molecule has 7 nitrogen and oxygen atoms in total. The van der Waals surface area contributed by atoms with Crippen LogP contribution in [-0.2, 0) is 16.1 Å². The number of hydrogen-bond acceptors (Lipinski definition) is 4. The van der Waals surface area contributed by atoms with Crippen molar-refractivity contribution in [3.8, 4) is 11.3 Å². The second-order valence-electron chi connectivity index (χ2n) is 8.90. The molecule has 0 saturated carbocycles. The van der Waals surface area contributed by atoms with Gasteiger partial charge in [-0.1, -0.05) is 49.7 Å². The van der Waals surface area contributed by atoms with Crippen molar-refractivity contribution < 1.29 is 9.59 Å². The van der Waals surface area contributed by atoms with E-state index in [-0.39, 0.29) is 24.1 Å². The van der Waals surface area contributed by atoms with Crippen LogP contribution in [0.25, 0.3) is 22.3 Å². The second-order valence-corrected chi connectivity index (χ2v) is 8.90. The lowest BCUT2D eigenvalue weighted by Crippen LogP contribution is -2.30. The maximum absolute atomic E-state index is 13.6. The Hall–Kier alpha value is -4.26. The number of nitrogens with zero attached hydrogens (tertiary/aromatic N) is 2. The van der Waals surface area contributed by atoms with Gasteiger partial charge < -0.3 is 10.6 Å². The average Bonchev–Trinajstić information content (AvgIpc) is 2.82. The van der Waals surface area contributed by atoms with E-state index in [4.69, 9.17) is 0 Å². The lowest BCUT2D eigenvalue weighted by Gasteiger charge is -2.15. The molecule has 0 aliphatic carbocycles. The van der Waals surface area contributed by atoms with Gasteiger partial charge in [0.05, 0.1) is 16.7 Å². The molecule has 178 valence electrons. The third kappa shape index (κ3) is 5.30. The van der Waals surface area contributed by atoms with Gasteiger partial charge in [-0.25, -0.2) is 4.98 Å². The zero-order valence-electron chi connectivity index (χ0n) is 20.3. The van der Waals surface area contributed by atoms with E-state index in [1.54, 1.807) is 24.3 Å². The van der Waals surface area contributed by atoms with Crippen LogP contribution in [0.1, 0.15) is 37.8 Å². The number of carbonyl (C=O) groups excluding carboxylic acids is 2. The molecule has 2 N–H and O–H groups in total. The number of rotatable bonds is 6. The number of anilines is 2. The highest BCUT2D eigenvalue weighted by Crippen LogP contribution is 2.27. The number of aromatic nitrogens is 2. The Morgan fingerprint density at radius 3 is 2.37 bits per heavy atom. The third-order valence-electron chi connectivity index (χ3n) is 5.76. The molecule has 0 aliphatic heterocycles. The van der Waals surface area contributed by atoms with Crippen molar-refractivity contribution in [1.29, 1.82) is 0 Å². The molecule has 4 rings (SSSR count). The van der Waals surface area contributed by atoms with E-state index in [1.165, 1.54) is 17.1 Å². The van der Waals surface area contributed by atoms with Gasteiger partial charge in [0.15, 0.2) is 0 Å². The number of fused-ring (bicyclic) bond motifs is 1. The summed E-state index contributed by atoms with van der Waals surface area (Å²) >= 11 is 0. The van der Waals surface area contributed by atoms with Crippen molar-refractivity contribution in [2.45, 2.75) is 40.2 Å². The first-order valence-electron chi connectivity index (χ1n) is 11.5. The number of nitrogens with one attached hydrogen (secondary N) is 2. The number of amides is 2. The number of aryl methyl sites for hydroxylation is 1. The first-order valence-corrected chi connectivity index (χ1v) is 11.5. The van der Waals surface area contributed by atoms with Crippen LogP contribution in [-0.4, -0.2) is 21.4 Å². The molecule has 0 aliphatic rings. The zero-order valence-corrected chi connectivity index (χ0v) is 20.3. The molecule has 0 unspecified atom stereocenters. The molecule has 0 spiro atoms. The maximum atomic E-state index is 13.6. The summed E-state index contributed by atoms with van der Waals surface area (Å²) in [6.07, 6.45) is 0. The number of benzene rings is 3. The van der Waals surface area contributed by atoms with Crippen molar-refractivity contribution in [2.24, 2.45) is 0 Å². The Labute approximate surface area is 203 Å². The monoisotopic (exact) mass is 468 g/mol. The van der Waals surface area contributed by atoms with E-state index in [9.17, 15) is 14.4 Å². The summed E-state index contributed by atoms with van der Waals surface area (Å²) in [6.45, 7) is 7.35. The summed E-state index contributed by atoms with van der Waals surface area (Å²) < 4.78 is 1.43. The highest BCUT2D eigenvalue weighted by Gasteiger charge is 2.18. The van der Waals surface area contributed by atoms with Crippen molar-refractivity contribution in [3.63, 3.8) is 0 Å². The molecule has 7 heteroatoms. The smallest absolute Gasteiger partial charge is 0.278 e. The molecule has 2 amide bonds. The molecule has 35 heavy (non-hydrogen) atoms. The summed E-state index contributed by atoms with van der Waals surface area (Å²) in [5.74, 6) is -0.180. The molecule has 1 heterocycles. The van der Waals surface area contributed by atoms with Crippen LogP contribution in [0, 0.1) is 6.92 Å². The van der Waals surface area contributed by atoms with Crippen molar-refractivity contribution in [1.82, 2.24) is 9.55 Å². The molecule has 0 atom stereocenters. The number of carbonyl (C=O) groups is 2. The Balaban J connectivity index is 1.76. The van der Waals surface area contributed by atoms with Gasteiger partial charge in [-0.15, -0.1) is 0 Å². The summed E-state index contributed by atoms with van der Waals surface area (Å²) in [5.41, 5.74) is 4.65. The van der Waals surface area contributed by atoms with E-state index in [0.29, 0.717) is 33.9 Å². The Morgan fingerprint density at radius 1 is 0.971 bits per heavy atom. The number of hydrogen-bond donors (Lipinski definition) is 2. The molecular formula is C28H28N4O3. The zero-order chi connectivity index (χ0) is 25.1. The minimum atomic E-state index is -0.411. The Kier molecular flexibility index (Phi) is 6.78. The fraction of sp³-hybridized carbons (Fsp3) is 0.214. The fourth-order valence-corrected chi connectivity index (χ4v) is 3.97. The SMILES string of the molecule is CC(=O)Nc1ccc(C)cc1-c1nc2ccccc2n(CC(=O)Nc2ccc(C(C)C)cc2)c1=O. The maximum Gasteiger partial charge on any atom is 0.278 e. The van der Waals surface area contributed by atoms with Crippen molar-refractivity contribution in [2.75, 3.05) is 10.6 Å². The molecular weight excluding hydrogens is 440 g/mol. The Morgan fingerprint density at radius 2 is 1.69 bits per heavy atom. The van der Waals surface area contributed by atoms with Crippen molar-refractivity contribution >= 4 is 34.2 Å². The second kappa shape index (κ2) is 9.93. The van der Waals surface area contributed by atoms with E-state index in [0.717, 1.165) is 5.56 Å². The van der Waals surface area contributed by atoms with E-state index in [2.05, 4.69) is 29.5 Å². The van der Waals surface area contributed by atoms with Gasteiger partial charge in [0.25, 0.3) is 5.56 Å². The summed E-state index contributed by atoms with van der Waals surface area (Å²) in [4.78, 5) is 43.0. The van der Waals surface area contributed by atoms with Gasteiger partial charge in [0, 0.05) is 18.2 Å². The van der Waals surface area contributed by atoms with Gasteiger partial charge in [-0.2, -0.15) is 0 Å². The van der Waals surface area contributed by atoms with Gasteiger partial charge in [0.2, 0.25) is 11.8 Å². The van der Waals surface area contributed by atoms with Gasteiger partial charge >= 0.3 is 0 Å². The highest BCUT2D eigenvalue weighted by molar-refractivity contribution is 5.95. The third-order valence-corrected chi connectivity index (χ3v) is 5.76. The molecule has 4 aromatic rings. The quantitative estimate of drug-likeness (QED) is 0.412. The lowest BCUT2D eigenvalue weighted by molar-refractivity contribution is -0.117. The largest absolute Gasteiger partial charge is 0.326 e. The minimum Gasteiger partial charge on any atom is -0.326 e. The van der Waals surface area contributed by atoms with Crippen LogP contribution < -0.4 is 16.2 Å². The number of para-hydroxylation sites is 2. The van der Waals surface area contributed by atoms with Gasteiger partial charge in [-0.3, -0.25) is 19.0 Å². The predicted molar refractivity (Wildman–Crippen MR) is 140 cm³/mol. The van der Waals surface area contributed by atoms with Crippen LogP contribution in [0.3, 0.4) is 0 Å². The summed E-state index contributed by atoms with van der Waals surface area (Å²) in [6, 6.07) is 20.3. The van der Waals surface area contributed by atoms with E-state index < -0.39 is 5.56 Å². The van der Waals surface area contributed by atoms with Crippen LogP contribution in [0.2, 0.25) is 0 Å². The van der Waals surface area contributed by atoms with Gasteiger partial charge in [-0.05, 0) is 54.8 Å². The van der Waals surface area contributed by atoms with Gasteiger partial charge in [0.1, 0.15) is 12.2 Å². The van der Waals surface area contributed by atoms with E-state index in [1.807, 2.05) is 49.4 Å². The first kappa shape index (κ1) is 23.9. The topological polar surface area (TPSA) is 93.1 Å². The van der Waals surface area contributed by atoms with Crippen LogP contribution in [0.5, 0.6) is 0 Å². The molecule has 0 saturated heterocycles. The molecule has 1 aromatic heterocycles. The average molecular weight is 469 g/mol. The summed E-state index contributed by atoms with van der Waals surface area (Å²) in [7, 11) is 0. The van der Waals surface area contributed by atoms with E-state index >= 15 is 0 Å². The van der Waals surface area contributed by atoms with Crippen molar-refractivity contribution in [3.05, 3.63) is 88.2 Å². The summed E-state index contributed by atoms with van der Waals surface area (Å²) in [5, 5.41) is 5.65. The predicted octanol–water partition coefficient (Wildman–Crippen LogP) is 5.09.